The van der Waals surface area contributed by atoms with E-state index in [1.807, 2.05) is 94.0 Å². The van der Waals surface area contributed by atoms with Crippen LogP contribution in [0, 0.1) is 6.92 Å². The van der Waals surface area contributed by atoms with Gasteiger partial charge in [-0.2, -0.15) is 0 Å². The van der Waals surface area contributed by atoms with E-state index in [2.05, 4.69) is 15.3 Å². The van der Waals surface area contributed by atoms with Crippen molar-refractivity contribution in [1.82, 2.24) is 29.0 Å². The molecule has 0 spiro atoms. The summed E-state index contributed by atoms with van der Waals surface area (Å²) in [6.07, 6.45) is 12.1. The summed E-state index contributed by atoms with van der Waals surface area (Å²) >= 11 is 0. The maximum absolute atomic E-state index is 13.3. The number of rotatable bonds is 6. The number of likely N-dealkylation sites (tertiary alicyclic amines) is 1. The maximum atomic E-state index is 13.3. The zero-order valence-electron chi connectivity index (χ0n) is 22.1. The number of pyridine rings is 1. The third kappa shape index (κ3) is 5.26. The smallest absolute Gasteiger partial charge is 0.257 e. The van der Waals surface area contributed by atoms with Gasteiger partial charge in [-0.25, -0.2) is 9.97 Å². The van der Waals surface area contributed by atoms with Gasteiger partial charge in [0.05, 0.1) is 23.9 Å². The molecule has 1 N–H and O–H groups in total. The maximum Gasteiger partial charge on any atom is 0.257 e. The number of nitrogens with zero attached hydrogens (tertiary/aromatic N) is 6. The Labute approximate surface area is 232 Å². The molecule has 0 atom stereocenters. The van der Waals surface area contributed by atoms with Crippen molar-refractivity contribution in [2.75, 3.05) is 18.4 Å². The summed E-state index contributed by atoms with van der Waals surface area (Å²) < 4.78 is 3.81. The van der Waals surface area contributed by atoms with Crippen molar-refractivity contribution in [2.24, 2.45) is 0 Å². The number of aryl methyl sites for hydroxylation is 1. The Hall–Kier alpha value is -5.05. The predicted octanol–water partition coefficient (Wildman–Crippen LogP) is 5.03. The number of hydrogen-bond donors (Lipinski definition) is 1. The predicted molar refractivity (Wildman–Crippen MR) is 152 cm³/mol. The topological polar surface area (TPSA) is 97.9 Å². The SMILES string of the molecule is Cc1ccc(C(=O)Nc2ccc(-n3ccnc3)cc2)c(C2CCN(C(=O)c3ccc(-n4ccnc4)cc3)CC2)n1. The summed E-state index contributed by atoms with van der Waals surface area (Å²) in [4.78, 5) is 41.4. The molecule has 0 bridgehead atoms. The van der Waals surface area contributed by atoms with E-state index in [-0.39, 0.29) is 17.7 Å². The number of carbonyl (C=O) groups excluding carboxylic acids is 2. The fourth-order valence-corrected chi connectivity index (χ4v) is 5.13. The van der Waals surface area contributed by atoms with E-state index in [1.54, 1.807) is 25.0 Å². The van der Waals surface area contributed by atoms with Gasteiger partial charge in [0.15, 0.2) is 0 Å². The van der Waals surface area contributed by atoms with Crippen molar-refractivity contribution < 1.29 is 9.59 Å². The molecule has 9 heteroatoms. The Kier molecular flexibility index (Phi) is 6.93. The Morgan fingerprint density at radius 2 is 1.40 bits per heavy atom. The Balaban J connectivity index is 1.12. The molecule has 6 rings (SSSR count). The molecule has 0 radical (unpaired) electrons. The molecule has 1 aliphatic heterocycles. The van der Waals surface area contributed by atoms with Gasteiger partial charge < -0.3 is 19.4 Å². The average molecular weight is 532 g/mol. The molecule has 200 valence electrons. The number of anilines is 1. The summed E-state index contributed by atoms with van der Waals surface area (Å²) in [6.45, 7) is 3.16. The molecule has 1 fully saturated rings. The van der Waals surface area contributed by atoms with Gasteiger partial charge in [0.25, 0.3) is 11.8 Å². The largest absolute Gasteiger partial charge is 0.339 e. The minimum absolute atomic E-state index is 0.0185. The third-order valence-electron chi connectivity index (χ3n) is 7.32. The first-order valence-electron chi connectivity index (χ1n) is 13.3. The summed E-state index contributed by atoms with van der Waals surface area (Å²) in [7, 11) is 0. The number of carbonyl (C=O) groups is 2. The molecule has 1 saturated heterocycles. The van der Waals surface area contributed by atoms with Crippen LogP contribution in [0.3, 0.4) is 0 Å². The van der Waals surface area contributed by atoms with Crippen molar-refractivity contribution in [1.29, 1.82) is 0 Å². The van der Waals surface area contributed by atoms with Gasteiger partial charge in [0, 0.05) is 72.1 Å². The zero-order valence-corrected chi connectivity index (χ0v) is 22.1. The van der Waals surface area contributed by atoms with E-state index in [9.17, 15) is 9.59 Å². The molecule has 2 aromatic carbocycles. The van der Waals surface area contributed by atoms with Gasteiger partial charge in [-0.3, -0.25) is 14.6 Å². The van der Waals surface area contributed by atoms with Crippen LogP contribution in [-0.4, -0.2) is 53.9 Å². The third-order valence-corrected chi connectivity index (χ3v) is 7.32. The van der Waals surface area contributed by atoms with E-state index >= 15 is 0 Å². The van der Waals surface area contributed by atoms with Gasteiger partial charge >= 0.3 is 0 Å². The van der Waals surface area contributed by atoms with Crippen LogP contribution in [-0.2, 0) is 0 Å². The molecule has 4 heterocycles. The average Bonchev–Trinajstić information content (AvgIpc) is 3.73. The molecule has 9 nitrogen and oxygen atoms in total. The molecule has 0 aliphatic carbocycles. The Morgan fingerprint density at radius 1 is 0.800 bits per heavy atom. The minimum Gasteiger partial charge on any atom is -0.339 e. The normalized spacial score (nSPS) is 13.8. The van der Waals surface area contributed by atoms with Gasteiger partial charge in [-0.15, -0.1) is 0 Å². The van der Waals surface area contributed by atoms with Crippen LogP contribution in [0.5, 0.6) is 0 Å². The van der Waals surface area contributed by atoms with Gasteiger partial charge in [-0.1, -0.05) is 0 Å². The Morgan fingerprint density at radius 3 is 1.98 bits per heavy atom. The van der Waals surface area contributed by atoms with Gasteiger partial charge in [0.1, 0.15) is 0 Å². The number of benzene rings is 2. The van der Waals surface area contributed by atoms with E-state index < -0.39 is 0 Å². The molecule has 40 heavy (non-hydrogen) atoms. The van der Waals surface area contributed by atoms with Crippen molar-refractivity contribution in [3.63, 3.8) is 0 Å². The van der Waals surface area contributed by atoms with Crippen LogP contribution in [0.2, 0.25) is 0 Å². The zero-order chi connectivity index (χ0) is 27.5. The first kappa shape index (κ1) is 25.2. The Bertz CT molecular complexity index is 1600. The molecule has 0 unspecified atom stereocenters. The lowest BCUT2D eigenvalue weighted by Crippen LogP contribution is -2.38. The van der Waals surface area contributed by atoms with Gasteiger partial charge in [-0.05, 0) is 80.4 Å². The molecule has 5 aromatic rings. The second-order valence-corrected chi connectivity index (χ2v) is 9.94. The van der Waals surface area contributed by atoms with Crippen molar-refractivity contribution in [3.05, 3.63) is 121 Å². The van der Waals surface area contributed by atoms with Crippen molar-refractivity contribution >= 4 is 17.5 Å². The van der Waals surface area contributed by atoms with Crippen LogP contribution >= 0.6 is 0 Å². The molecular formula is C31H29N7O2. The first-order chi connectivity index (χ1) is 19.5. The van der Waals surface area contributed by atoms with Crippen molar-refractivity contribution in [2.45, 2.75) is 25.7 Å². The van der Waals surface area contributed by atoms with Crippen LogP contribution in [0.1, 0.15) is 50.9 Å². The van der Waals surface area contributed by atoms with Crippen LogP contribution in [0.15, 0.2) is 98.1 Å². The molecular weight excluding hydrogens is 502 g/mol. The molecule has 3 aromatic heterocycles. The number of piperidine rings is 1. The highest BCUT2D eigenvalue weighted by Crippen LogP contribution is 2.31. The van der Waals surface area contributed by atoms with Crippen LogP contribution < -0.4 is 5.32 Å². The van der Waals surface area contributed by atoms with Crippen LogP contribution in [0.4, 0.5) is 5.69 Å². The lowest BCUT2D eigenvalue weighted by Gasteiger charge is -2.32. The number of nitrogens with one attached hydrogen (secondary N) is 1. The number of hydrogen-bond acceptors (Lipinski definition) is 5. The van der Waals surface area contributed by atoms with Crippen LogP contribution in [0.25, 0.3) is 11.4 Å². The van der Waals surface area contributed by atoms with E-state index in [0.29, 0.717) is 29.9 Å². The highest BCUT2D eigenvalue weighted by Gasteiger charge is 2.28. The monoisotopic (exact) mass is 531 g/mol. The number of aromatic nitrogens is 5. The van der Waals surface area contributed by atoms with Gasteiger partial charge in [0.2, 0.25) is 0 Å². The quantitative estimate of drug-likeness (QED) is 0.331. The van der Waals surface area contributed by atoms with E-state index in [0.717, 1.165) is 35.6 Å². The lowest BCUT2D eigenvalue weighted by atomic mass is 9.89. The second kappa shape index (κ2) is 11.0. The highest BCUT2D eigenvalue weighted by molar-refractivity contribution is 6.05. The standard InChI is InChI=1S/C31H29N7O2/c1-22-2-11-28(30(39)35-25-5-9-27(10-6-25)38-19-15-33-21-38)29(34-22)23-12-16-36(17-13-23)31(40)24-3-7-26(8-4-24)37-18-14-32-20-37/h2-11,14-15,18-21,23H,12-13,16-17H2,1H3,(H,35,39). The molecule has 0 saturated carbocycles. The number of imidazole rings is 2. The first-order valence-corrected chi connectivity index (χ1v) is 13.3. The molecule has 2 amide bonds. The summed E-state index contributed by atoms with van der Waals surface area (Å²) in [5.41, 5.74) is 5.53. The van der Waals surface area contributed by atoms with E-state index in [1.165, 1.54) is 0 Å². The summed E-state index contributed by atoms with van der Waals surface area (Å²) in [6, 6.07) is 18.9. The molecule has 1 aliphatic rings. The lowest BCUT2D eigenvalue weighted by molar-refractivity contribution is 0.0711. The fourth-order valence-electron chi connectivity index (χ4n) is 5.13. The summed E-state index contributed by atoms with van der Waals surface area (Å²) in [5, 5.41) is 3.02. The minimum atomic E-state index is -0.186. The number of amides is 2. The van der Waals surface area contributed by atoms with E-state index in [4.69, 9.17) is 4.98 Å². The highest BCUT2D eigenvalue weighted by atomic mass is 16.2. The summed E-state index contributed by atoms with van der Waals surface area (Å²) in [5.74, 6) is -0.0729. The fraction of sp³-hybridized carbons (Fsp3) is 0.194. The van der Waals surface area contributed by atoms with Crippen molar-refractivity contribution in [3.8, 4) is 11.4 Å². The second-order valence-electron chi connectivity index (χ2n) is 9.94.